The van der Waals surface area contributed by atoms with Crippen LogP contribution in [0.1, 0.15) is 5.56 Å². The third-order valence-electron chi connectivity index (χ3n) is 1.96. The Bertz CT molecular complexity index is 482. The molecule has 69 valence electrons. The van der Waals surface area contributed by atoms with E-state index < -0.39 is 6.08 Å². The van der Waals surface area contributed by atoms with E-state index in [9.17, 15) is 8.78 Å². The summed E-state index contributed by atoms with van der Waals surface area (Å²) in [4.78, 5) is 0. The Labute approximate surface area is 80.5 Å². The normalized spacial score (nSPS) is 10.1. The molecule has 2 aromatic carbocycles. The van der Waals surface area contributed by atoms with Gasteiger partial charge < -0.3 is 0 Å². The highest BCUT2D eigenvalue weighted by Gasteiger charge is 1.95. The van der Waals surface area contributed by atoms with Crippen molar-refractivity contribution in [3.8, 4) is 0 Å². The van der Waals surface area contributed by atoms with Crippen molar-refractivity contribution in [2.45, 2.75) is 0 Å². The van der Waals surface area contributed by atoms with Gasteiger partial charge in [0.25, 0.3) is 6.08 Å². The van der Waals surface area contributed by atoms with Crippen LogP contribution in [0.3, 0.4) is 0 Å². The Balaban J connectivity index is 2.57. The summed E-state index contributed by atoms with van der Waals surface area (Å²) in [6.45, 7) is 0. The predicted octanol–water partition coefficient (Wildman–Crippen LogP) is 3.88. The number of halogens is 2. The van der Waals surface area contributed by atoms with Crippen LogP contribution in [0, 0.1) is 6.07 Å². The summed E-state index contributed by atoms with van der Waals surface area (Å²) >= 11 is 0. The van der Waals surface area contributed by atoms with E-state index in [0.717, 1.165) is 16.8 Å². The third-order valence-corrected chi connectivity index (χ3v) is 1.96. The lowest BCUT2D eigenvalue weighted by Gasteiger charge is -1.97. The summed E-state index contributed by atoms with van der Waals surface area (Å²) in [6.07, 6.45) is -0.823. The van der Waals surface area contributed by atoms with Gasteiger partial charge in [-0.25, -0.2) is 0 Å². The van der Waals surface area contributed by atoms with Crippen molar-refractivity contribution in [3.63, 3.8) is 0 Å². The average molecular weight is 189 g/mol. The summed E-state index contributed by atoms with van der Waals surface area (Å²) in [6, 6.07) is 13.7. The van der Waals surface area contributed by atoms with Crippen LogP contribution in [0.5, 0.6) is 0 Å². The van der Waals surface area contributed by atoms with Crippen LogP contribution in [0.25, 0.3) is 16.8 Å². The zero-order valence-electron chi connectivity index (χ0n) is 7.30. The van der Waals surface area contributed by atoms with Gasteiger partial charge in [0.15, 0.2) is 0 Å². The lowest BCUT2D eigenvalue weighted by molar-refractivity contribution is 0.429. The van der Waals surface area contributed by atoms with Gasteiger partial charge in [0.2, 0.25) is 0 Å². The predicted molar refractivity (Wildman–Crippen MR) is 53.0 cm³/mol. The van der Waals surface area contributed by atoms with Gasteiger partial charge in [-0.05, 0) is 28.5 Å². The van der Waals surface area contributed by atoms with Gasteiger partial charge in [-0.1, -0.05) is 30.3 Å². The first kappa shape index (κ1) is 8.88. The summed E-state index contributed by atoms with van der Waals surface area (Å²) < 4.78 is 23.9. The fourth-order valence-electron chi connectivity index (χ4n) is 1.36. The molecule has 0 aromatic heterocycles. The molecule has 14 heavy (non-hydrogen) atoms. The maximum Gasteiger partial charge on any atom is 0.270 e. The van der Waals surface area contributed by atoms with Crippen molar-refractivity contribution in [1.82, 2.24) is 0 Å². The smallest absolute Gasteiger partial charge is 0.173 e. The Morgan fingerprint density at radius 1 is 1.21 bits per heavy atom. The molecular formula is C12H7F2. The number of benzene rings is 2. The molecule has 0 spiro atoms. The SMILES string of the molecule is FC(F)=Cc1ccc2[c]cccc2c1. The molecule has 2 rings (SSSR count). The van der Waals surface area contributed by atoms with Crippen LogP contribution in [-0.2, 0) is 0 Å². The van der Waals surface area contributed by atoms with Crippen LogP contribution in [0.15, 0.2) is 42.5 Å². The molecule has 0 saturated heterocycles. The molecule has 0 fully saturated rings. The third kappa shape index (κ3) is 1.79. The van der Waals surface area contributed by atoms with Crippen molar-refractivity contribution >= 4 is 16.8 Å². The standard InChI is InChI=1S/C12H7F2/c13-12(14)8-9-5-6-10-3-1-2-4-11(10)7-9/h1-2,4-8H. The zero-order chi connectivity index (χ0) is 9.97. The summed E-state index contributed by atoms with van der Waals surface area (Å²) in [5, 5.41) is 1.85. The number of hydrogen-bond donors (Lipinski definition) is 0. The van der Waals surface area contributed by atoms with Gasteiger partial charge in [0.1, 0.15) is 0 Å². The largest absolute Gasteiger partial charge is 0.270 e. The molecule has 1 radical (unpaired) electrons. The molecule has 0 N–H and O–H groups in total. The van der Waals surface area contributed by atoms with Crippen LogP contribution in [-0.4, -0.2) is 0 Å². The lowest BCUT2D eigenvalue weighted by Crippen LogP contribution is -1.75. The molecule has 0 unspecified atom stereocenters. The van der Waals surface area contributed by atoms with E-state index >= 15 is 0 Å². The molecule has 0 amide bonds. The zero-order valence-corrected chi connectivity index (χ0v) is 7.30. The second-order valence-electron chi connectivity index (χ2n) is 2.95. The van der Waals surface area contributed by atoms with Gasteiger partial charge in [0, 0.05) is 6.08 Å². The van der Waals surface area contributed by atoms with Crippen LogP contribution < -0.4 is 0 Å². The molecular weight excluding hydrogens is 182 g/mol. The molecule has 0 nitrogen and oxygen atoms in total. The average Bonchev–Trinajstić information content (AvgIpc) is 2.17. The molecule has 0 aliphatic heterocycles. The quantitative estimate of drug-likeness (QED) is 0.638. The highest BCUT2D eigenvalue weighted by atomic mass is 19.3. The van der Waals surface area contributed by atoms with E-state index in [1.807, 2.05) is 12.1 Å². The highest BCUT2D eigenvalue weighted by molar-refractivity contribution is 5.84. The number of hydrogen-bond acceptors (Lipinski definition) is 0. The van der Waals surface area contributed by atoms with Crippen molar-refractivity contribution in [2.75, 3.05) is 0 Å². The second-order valence-corrected chi connectivity index (χ2v) is 2.95. The number of fused-ring (bicyclic) bond motifs is 1. The van der Waals surface area contributed by atoms with E-state index in [1.54, 1.807) is 24.3 Å². The molecule has 0 saturated carbocycles. The fourth-order valence-corrected chi connectivity index (χ4v) is 1.36. The van der Waals surface area contributed by atoms with Crippen LogP contribution >= 0.6 is 0 Å². The summed E-state index contributed by atoms with van der Waals surface area (Å²) in [5.74, 6) is 0. The van der Waals surface area contributed by atoms with Crippen LogP contribution in [0.2, 0.25) is 0 Å². The van der Waals surface area contributed by atoms with Crippen molar-refractivity contribution < 1.29 is 8.78 Å². The molecule has 0 aliphatic rings. The fraction of sp³-hybridized carbons (Fsp3) is 0. The van der Waals surface area contributed by atoms with Gasteiger partial charge >= 0.3 is 0 Å². The number of rotatable bonds is 1. The first-order valence-electron chi connectivity index (χ1n) is 4.19. The van der Waals surface area contributed by atoms with Gasteiger partial charge in [-0.15, -0.1) is 0 Å². The summed E-state index contributed by atoms with van der Waals surface area (Å²) in [7, 11) is 0. The highest BCUT2D eigenvalue weighted by Crippen LogP contribution is 2.17. The molecule has 0 bridgehead atoms. The van der Waals surface area contributed by atoms with Gasteiger partial charge in [-0.2, -0.15) is 8.78 Å². The van der Waals surface area contributed by atoms with E-state index in [-0.39, 0.29) is 0 Å². The Hall–Kier alpha value is -1.70. The van der Waals surface area contributed by atoms with E-state index in [2.05, 4.69) is 6.07 Å². The molecule has 0 heterocycles. The first-order valence-corrected chi connectivity index (χ1v) is 4.19. The van der Waals surface area contributed by atoms with Crippen LogP contribution in [0.4, 0.5) is 8.78 Å². The van der Waals surface area contributed by atoms with E-state index in [1.165, 1.54) is 0 Å². The van der Waals surface area contributed by atoms with Crippen molar-refractivity contribution in [3.05, 3.63) is 54.1 Å². The summed E-state index contributed by atoms with van der Waals surface area (Å²) in [5.41, 5.74) is 0.511. The Morgan fingerprint density at radius 2 is 2.07 bits per heavy atom. The second kappa shape index (κ2) is 3.58. The molecule has 2 aromatic rings. The van der Waals surface area contributed by atoms with Gasteiger partial charge in [-0.3, -0.25) is 0 Å². The minimum Gasteiger partial charge on any atom is -0.173 e. The minimum absolute atomic E-state index is 0.511. The van der Waals surface area contributed by atoms with E-state index in [0.29, 0.717) is 5.56 Å². The molecule has 2 heteroatoms. The minimum atomic E-state index is -1.68. The van der Waals surface area contributed by atoms with Crippen molar-refractivity contribution in [2.24, 2.45) is 0 Å². The topological polar surface area (TPSA) is 0 Å². The maximum absolute atomic E-state index is 12.0. The first-order chi connectivity index (χ1) is 6.75. The van der Waals surface area contributed by atoms with Gasteiger partial charge in [0.05, 0.1) is 0 Å². The van der Waals surface area contributed by atoms with E-state index in [4.69, 9.17) is 0 Å². The Kier molecular flexibility index (Phi) is 2.27. The Morgan fingerprint density at radius 3 is 2.86 bits per heavy atom. The van der Waals surface area contributed by atoms with Crippen molar-refractivity contribution in [1.29, 1.82) is 0 Å². The molecule has 0 atom stereocenters. The molecule has 0 aliphatic carbocycles. The monoisotopic (exact) mass is 189 g/mol. The maximum atomic E-state index is 12.0. The lowest BCUT2D eigenvalue weighted by atomic mass is 10.1.